The highest BCUT2D eigenvalue weighted by Gasteiger charge is 2.42. The quantitative estimate of drug-likeness (QED) is 0.299. The summed E-state index contributed by atoms with van der Waals surface area (Å²) in [5.41, 5.74) is 0.611. The van der Waals surface area contributed by atoms with Gasteiger partial charge in [0.25, 0.3) is 0 Å². The largest absolute Gasteiger partial charge is 0.491 e. The molecule has 1 unspecified atom stereocenters. The predicted molar refractivity (Wildman–Crippen MR) is 138 cm³/mol. The maximum atomic E-state index is 14.2. The minimum Gasteiger partial charge on any atom is -0.491 e. The van der Waals surface area contributed by atoms with Crippen molar-refractivity contribution in [2.45, 2.75) is 55.9 Å². The highest BCUT2D eigenvalue weighted by atomic mass is 32.2. The third-order valence-corrected chi connectivity index (χ3v) is 8.32. The summed E-state index contributed by atoms with van der Waals surface area (Å²) in [5, 5.41) is 33.0. The van der Waals surface area contributed by atoms with Crippen molar-refractivity contribution >= 4 is 26.9 Å². The minimum absolute atomic E-state index is 0.0248. The average molecular weight is 566 g/mol. The number of carboxylic acids is 1. The van der Waals surface area contributed by atoms with Gasteiger partial charge in [-0.3, -0.25) is 9.48 Å². The Labute approximate surface area is 225 Å². The summed E-state index contributed by atoms with van der Waals surface area (Å²) in [7, 11) is -4.03. The molecule has 3 aromatic rings. The van der Waals surface area contributed by atoms with Crippen LogP contribution in [0.1, 0.15) is 32.0 Å². The number of nitrogens with zero attached hydrogens (tertiary/aromatic N) is 3. The standard InChI is InChI=1S/C26H32FN3O8S/c1-16(2)38-21-4-6-22(7-5-21)39(35,36)29-12-18(10-19(29)14-37-15-20(32)13-31)30-25-9-17(27)3-8-23(25)24(28-30)11-26(33)34/h3-9,16,18-20,31-32H,10-15H2,1-2H3,(H,33,34)/t18-,19-,20?/m1/s1. The number of fused-ring (bicyclic) bond motifs is 1. The van der Waals surface area contributed by atoms with E-state index in [1.165, 1.54) is 39.3 Å². The van der Waals surface area contributed by atoms with Crippen molar-refractivity contribution in [2.24, 2.45) is 0 Å². The number of aliphatic hydroxyl groups is 2. The molecule has 0 bridgehead atoms. The second-order valence-corrected chi connectivity index (χ2v) is 11.6. The number of carbonyl (C=O) groups is 1. The van der Waals surface area contributed by atoms with Crippen LogP contribution in [0.3, 0.4) is 0 Å². The molecule has 0 amide bonds. The first-order valence-electron chi connectivity index (χ1n) is 12.5. The van der Waals surface area contributed by atoms with Crippen LogP contribution in [0.15, 0.2) is 47.4 Å². The number of hydrogen-bond donors (Lipinski definition) is 3. The molecule has 3 atom stereocenters. The van der Waals surface area contributed by atoms with Crippen molar-refractivity contribution in [3.8, 4) is 5.75 Å². The first-order valence-corrected chi connectivity index (χ1v) is 14.0. The summed E-state index contributed by atoms with van der Waals surface area (Å²) >= 11 is 0. The SMILES string of the molecule is CC(C)Oc1ccc(S(=O)(=O)N2C[C@H](n3nc(CC(=O)O)c4ccc(F)cc43)C[C@@H]2COCC(O)CO)cc1. The van der Waals surface area contributed by atoms with Crippen LogP contribution in [-0.2, 0) is 26.0 Å². The van der Waals surface area contributed by atoms with E-state index >= 15 is 0 Å². The highest BCUT2D eigenvalue weighted by molar-refractivity contribution is 7.89. The van der Waals surface area contributed by atoms with Crippen LogP contribution in [0.2, 0.25) is 0 Å². The second-order valence-electron chi connectivity index (χ2n) is 9.75. The Bertz CT molecular complexity index is 1410. The molecule has 39 heavy (non-hydrogen) atoms. The lowest BCUT2D eigenvalue weighted by molar-refractivity contribution is -0.136. The number of carboxylic acid groups (broad SMARTS) is 1. The smallest absolute Gasteiger partial charge is 0.309 e. The summed E-state index contributed by atoms with van der Waals surface area (Å²) in [5.74, 6) is -1.10. The highest BCUT2D eigenvalue weighted by Crippen LogP contribution is 2.35. The van der Waals surface area contributed by atoms with Crippen LogP contribution < -0.4 is 4.74 Å². The Morgan fingerprint density at radius 1 is 1.21 bits per heavy atom. The zero-order valence-corrected chi connectivity index (χ0v) is 22.4. The number of halogens is 1. The molecule has 13 heteroatoms. The Morgan fingerprint density at radius 2 is 1.92 bits per heavy atom. The zero-order valence-electron chi connectivity index (χ0n) is 21.6. The van der Waals surface area contributed by atoms with Gasteiger partial charge in [-0.05, 0) is 62.7 Å². The van der Waals surface area contributed by atoms with E-state index in [2.05, 4.69) is 5.10 Å². The number of ether oxygens (including phenoxy) is 2. The maximum absolute atomic E-state index is 14.2. The van der Waals surface area contributed by atoms with Gasteiger partial charge >= 0.3 is 5.97 Å². The molecule has 1 aliphatic heterocycles. The molecule has 1 aromatic heterocycles. The molecule has 2 aromatic carbocycles. The van der Waals surface area contributed by atoms with E-state index in [0.29, 0.717) is 16.7 Å². The molecule has 212 valence electrons. The normalized spacial score (nSPS) is 19.1. The van der Waals surface area contributed by atoms with Crippen molar-refractivity contribution in [3.63, 3.8) is 0 Å². The molecule has 2 heterocycles. The van der Waals surface area contributed by atoms with E-state index in [9.17, 15) is 27.8 Å². The van der Waals surface area contributed by atoms with Gasteiger partial charge < -0.3 is 24.8 Å². The van der Waals surface area contributed by atoms with Crippen LogP contribution >= 0.6 is 0 Å². The molecule has 11 nitrogen and oxygen atoms in total. The first kappa shape index (κ1) is 28.9. The molecule has 3 N–H and O–H groups in total. The number of hydrogen-bond acceptors (Lipinski definition) is 8. The van der Waals surface area contributed by atoms with Crippen molar-refractivity contribution in [2.75, 3.05) is 26.4 Å². The van der Waals surface area contributed by atoms with E-state index in [1.54, 1.807) is 12.1 Å². The number of sulfonamides is 1. The molecule has 0 radical (unpaired) electrons. The molecule has 0 aliphatic carbocycles. The van der Waals surface area contributed by atoms with Crippen molar-refractivity contribution < 1.29 is 42.4 Å². The Hall–Kier alpha value is -3.10. The molecular formula is C26H32FN3O8S. The Kier molecular flexibility index (Phi) is 8.86. The summed E-state index contributed by atoms with van der Waals surface area (Å²) in [6, 6.07) is 8.78. The van der Waals surface area contributed by atoms with Gasteiger partial charge in [0.2, 0.25) is 10.0 Å². The lowest BCUT2D eigenvalue weighted by Crippen LogP contribution is -2.39. The number of benzene rings is 2. The van der Waals surface area contributed by atoms with Crippen LogP contribution in [-0.4, -0.2) is 88.4 Å². The third-order valence-electron chi connectivity index (χ3n) is 6.39. The number of aliphatic hydroxyl groups excluding tert-OH is 2. The summed E-state index contributed by atoms with van der Waals surface area (Å²) in [6.07, 6.45) is -1.33. The Morgan fingerprint density at radius 3 is 2.56 bits per heavy atom. The van der Waals surface area contributed by atoms with E-state index < -0.39 is 46.6 Å². The van der Waals surface area contributed by atoms with Crippen molar-refractivity contribution in [3.05, 3.63) is 54.0 Å². The predicted octanol–water partition coefficient (Wildman–Crippen LogP) is 1.96. The molecule has 1 saturated heterocycles. The topological polar surface area (TPSA) is 151 Å². The monoisotopic (exact) mass is 565 g/mol. The van der Waals surface area contributed by atoms with Crippen LogP contribution in [0.4, 0.5) is 4.39 Å². The van der Waals surface area contributed by atoms with Crippen LogP contribution in [0, 0.1) is 5.82 Å². The van der Waals surface area contributed by atoms with Crippen molar-refractivity contribution in [1.82, 2.24) is 14.1 Å². The molecule has 0 spiro atoms. The number of aromatic nitrogens is 2. The van der Waals surface area contributed by atoms with Crippen molar-refractivity contribution in [1.29, 1.82) is 0 Å². The van der Waals surface area contributed by atoms with Crippen LogP contribution in [0.25, 0.3) is 10.9 Å². The van der Waals surface area contributed by atoms with Gasteiger partial charge in [0, 0.05) is 11.9 Å². The molecule has 1 aliphatic rings. The number of aliphatic carboxylic acids is 1. The van der Waals surface area contributed by atoms with E-state index in [0.717, 1.165) is 0 Å². The fourth-order valence-corrected chi connectivity index (χ4v) is 6.36. The van der Waals surface area contributed by atoms with Gasteiger partial charge in [-0.25, -0.2) is 12.8 Å². The Balaban J connectivity index is 1.68. The van der Waals surface area contributed by atoms with E-state index in [-0.39, 0.29) is 49.3 Å². The minimum atomic E-state index is -4.03. The second kappa shape index (κ2) is 12.0. The first-order chi connectivity index (χ1) is 18.5. The molecule has 4 rings (SSSR count). The summed E-state index contributed by atoms with van der Waals surface area (Å²) in [6.45, 7) is 2.93. The van der Waals surface area contributed by atoms with Gasteiger partial charge in [0.1, 0.15) is 17.7 Å². The zero-order chi connectivity index (χ0) is 28.3. The van der Waals surface area contributed by atoms with Gasteiger partial charge in [-0.15, -0.1) is 0 Å². The molecule has 0 saturated carbocycles. The summed E-state index contributed by atoms with van der Waals surface area (Å²) in [4.78, 5) is 11.5. The van der Waals surface area contributed by atoms with E-state index in [1.807, 2.05) is 13.8 Å². The number of rotatable bonds is 12. The molecule has 1 fully saturated rings. The lowest BCUT2D eigenvalue weighted by Gasteiger charge is -2.24. The third kappa shape index (κ3) is 6.56. The van der Waals surface area contributed by atoms with Gasteiger partial charge in [0.15, 0.2) is 0 Å². The van der Waals surface area contributed by atoms with Gasteiger partial charge in [-0.2, -0.15) is 9.40 Å². The molecular weight excluding hydrogens is 533 g/mol. The fourth-order valence-electron chi connectivity index (χ4n) is 4.70. The van der Waals surface area contributed by atoms with E-state index in [4.69, 9.17) is 14.6 Å². The van der Waals surface area contributed by atoms with Gasteiger partial charge in [-0.1, -0.05) is 0 Å². The fraction of sp³-hybridized carbons (Fsp3) is 0.462. The summed E-state index contributed by atoms with van der Waals surface area (Å²) < 4.78 is 55.6. The van der Waals surface area contributed by atoms with Crippen LogP contribution in [0.5, 0.6) is 5.75 Å². The van der Waals surface area contributed by atoms with Gasteiger partial charge in [0.05, 0.1) is 60.5 Å². The maximum Gasteiger partial charge on any atom is 0.309 e. The lowest BCUT2D eigenvalue weighted by atomic mass is 10.1. The average Bonchev–Trinajstić information content (AvgIpc) is 3.45.